The molecule has 0 unspecified atom stereocenters. The average Bonchev–Trinajstić information content (AvgIpc) is 2.69. The molecule has 0 fully saturated rings. The normalized spacial score (nSPS) is 14.7. The summed E-state index contributed by atoms with van der Waals surface area (Å²) in [6.07, 6.45) is -4.18. The highest BCUT2D eigenvalue weighted by atomic mass is 28.5. The topological polar surface area (TPSA) is 80.3 Å². The van der Waals surface area contributed by atoms with Crippen LogP contribution in [-0.4, -0.2) is 83.1 Å². The van der Waals surface area contributed by atoms with Crippen LogP contribution in [-0.2, 0) is 31.4 Å². The molecule has 0 saturated heterocycles. The van der Waals surface area contributed by atoms with Crippen molar-refractivity contribution in [3.05, 3.63) is 12.2 Å². The molecule has 7 nitrogen and oxygen atoms in total. The Balaban J connectivity index is 5.17. The second-order valence-corrected chi connectivity index (χ2v) is 28.7. The van der Waals surface area contributed by atoms with Crippen molar-refractivity contribution in [3.63, 3.8) is 0 Å². The Hall–Kier alpha value is -1.13. The lowest BCUT2D eigenvalue weighted by atomic mass is 10.1. The summed E-state index contributed by atoms with van der Waals surface area (Å²) in [5.74, 6) is -21.7. The first-order chi connectivity index (χ1) is 17.6. The molecule has 0 saturated carbocycles. The Morgan fingerprint density at radius 1 is 0.700 bits per heavy atom. The molecular formula is C21H38F8O7Si4. The zero-order valence-electron chi connectivity index (χ0n) is 23.9. The number of esters is 2. The Morgan fingerprint density at radius 2 is 1.07 bits per heavy atom. The van der Waals surface area contributed by atoms with Crippen molar-refractivity contribution in [2.24, 2.45) is 0 Å². The number of hydrogen-bond acceptors (Lipinski definition) is 7. The first-order valence-corrected chi connectivity index (χ1v) is 24.3. The third-order valence-electron chi connectivity index (χ3n) is 4.16. The van der Waals surface area contributed by atoms with E-state index < -0.39 is 76.5 Å². The molecule has 0 bridgehead atoms. The van der Waals surface area contributed by atoms with E-state index in [-0.39, 0.29) is 19.1 Å². The van der Waals surface area contributed by atoms with Crippen molar-refractivity contribution >= 4 is 45.7 Å². The fourth-order valence-electron chi connectivity index (χ4n) is 2.94. The van der Waals surface area contributed by atoms with Crippen molar-refractivity contribution < 1.29 is 66.5 Å². The lowest BCUT2D eigenvalue weighted by Gasteiger charge is -2.42. The Bertz CT molecular complexity index is 845. The van der Waals surface area contributed by atoms with Gasteiger partial charge < -0.3 is 21.8 Å². The second-order valence-electron chi connectivity index (χ2n) is 11.7. The van der Waals surface area contributed by atoms with Gasteiger partial charge in [0.25, 0.3) is 0 Å². The van der Waals surface area contributed by atoms with E-state index >= 15 is 0 Å². The minimum absolute atomic E-state index is 0.181. The highest BCUT2D eigenvalue weighted by Gasteiger charge is 2.75. The van der Waals surface area contributed by atoms with Crippen LogP contribution in [0.3, 0.4) is 0 Å². The molecule has 0 N–H and O–H groups in total. The number of carbonyl (C=O) groups is 2. The maximum absolute atomic E-state index is 13.5. The number of rotatable bonds is 17. The maximum Gasteiger partial charge on any atom is 0.469 e. The molecule has 0 rings (SSSR count). The smallest absolute Gasteiger partial charge is 0.463 e. The summed E-state index contributed by atoms with van der Waals surface area (Å²) >= 11 is 0. The third kappa shape index (κ3) is 13.2. The highest BCUT2D eigenvalue weighted by molar-refractivity contribution is 6.90. The first kappa shape index (κ1) is 38.9. The van der Waals surface area contributed by atoms with Crippen LogP contribution in [0.4, 0.5) is 35.1 Å². The van der Waals surface area contributed by atoms with Gasteiger partial charge >= 0.3 is 44.9 Å². The van der Waals surface area contributed by atoms with E-state index in [1.807, 2.05) is 58.9 Å². The van der Waals surface area contributed by atoms with Gasteiger partial charge in [-0.05, 0) is 65.3 Å². The predicted octanol–water partition coefficient (Wildman–Crippen LogP) is 6.68. The quantitative estimate of drug-likeness (QED) is 0.0563. The minimum Gasteiger partial charge on any atom is -0.463 e. The molecule has 0 atom stereocenters. The van der Waals surface area contributed by atoms with Crippen LogP contribution in [0.2, 0.25) is 65.0 Å². The van der Waals surface area contributed by atoms with Gasteiger partial charge in [-0.3, -0.25) is 0 Å². The molecule has 0 spiro atoms. The number of halogens is 8. The van der Waals surface area contributed by atoms with Gasteiger partial charge in [0.15, 0.2) is 31.6 Å². The zero-order valence-corrected chi connectivity index (χ0v) is 27.9. The molecule has 0 aliphatic rings. The summed E-state index contributed by atoms with van der Waals surface area (Å²) in [5, 5.41) is 0. The molecule has 0 aliphatic carbocycles. The van der Waals surface area contributed by atoms with E-state index in [2.05, 4.69) is 4.74 Å². The highest BCUT2D eigenvalue weighted by Crippen LogP contribution is 2.48. The van der Waals surface area contributed by atoms with E-state index in [1.54, 1.807) is 0 Å². The van der Waals surface area contributed by atoms with E-state index in [9.17, 15) is 44.7 Å². The van der Waals surface area contributed by atoms with Crippen LogP contribution >= 0.6 is 0 Å². The fraction of sp³-hybridized carbons (Fsp3) is 0.810. The molecule has 0 radical (unpaired) electrons. The van der Waals surface area contributed by atoms with Crippen molar-refractivity contribution in [1.82, 2.24) is 0 Å². The standard InChI is InChI=1S/C21H38F8O7Si4/c1-37(2,3)34-40(35-38(4,5)6,36-39(7,8)9)14-10-13-32-16(30)11-12-17(31)33-15-19(24,25)21(28,29)20(26,27)18(22)23/h11-12,18H,10,13-15H2,1-9H3/b12-11+. The van der Waals surface area contributed by atoms with Crippen LogP contribution in [0, 0.1) is 0 Å². The minimum atomic E-state index is -6.52. The molecular weight excluding hydrogens is 629 g/mol. The van der Waals surface area contributed by atoms with E-state index in [4.69, 9.17) is 17.1 Å². The van der Waals surface area contributed by atoms with Crippen molar-refractivity contribution in [3.8, 4) is 0 Å². The van der Waals surface area contributed by atoms with Gasteiger partial charge in [-0.25, -0.2) is 18.4 Å². The van der Waals surface area contributed by atoms with Crippen molar-refractivity contribution in [2.45, 2.75) is 95.6 Å². The monoisotopic (exact) mass is 666 g/mol. The molecule has 0 heterocycles. The Morgan fingerprint density at radius 3 is 1.43 bits per heavy atom. The molecule has 0 aliphatic heterocycles. The predicted molar refractivity (Wildman–Crippen MR) is 140 cm³/mol. The van der Waals surface area contributed by atoms with Crippen LogP contribution in [0.25, 0.3) is 0 Å². The zero-order chi connectivity index (χ0) is 32.0. The molecule has 40 heavy (non-hydrogen) atoms. The van der Waals surface area contributed by atoms with Gasteiger partial charge in [-0.15, -0.1) is 0 Å². The van der Waals surface area contributed by atoms with Crippen molar-refractivity contribution in [2.75, 3.05) is 13.2 Å². The SMILES string of the molecule is C[Si](C)(C)O[Si](CCCOC(=O)/C=C/C(=O)OCC(F)(F)C(F)(F)C(F)(F)C(F)F)(O[Si](C)(C)C)O[Si](C)(C)C. The molecule has 19 heteroatoms. The third-order valence-corrected chi connectivity index (χ3v) is 16.2. The van der Waals surface area contributed by atoms with Gasteiger partial charge in [-0.2, -0.15) is 26.3 Å². The van der Waals surface area contributed by atoms with Gasteiger partial charge in [0.05, 0.1) is 6.61 Å². The van der Waals surface area contributed by atoms with E-state index in [0.717, 1.165) is 0 Å². The van der Waals surface area contributed by atoms with E-state index in [0.29, 0.717) is 12.1 Å². The second kappa shape index (κ2) is 13.9. The van der Waals surface area contributed by atoms with Gasteiger partial charge in [-0.1, -0.05) is 0 Å². The Kier molecular flexibility index (Phi) is 13.5. The van der Waals surface area contributed by atoms with Gasteiger partial charge in [0, 0.05) is 18.2 Å². The van der Waals surface area contributed by atoms with E-state index in [1.165, 1.54) is 0 Å². The lowest BCUT2D eigenvalue weighted by Crippen LogP contribution is -2.60. The van der Waals surface area contributed by atoms with Crippen LogP contribution in [0.15, 0.2) is 12.2 Å². The molecule has 0 aromatic heterocycles. The summed E-state index contributed by atoms with van der Waals surface area (Å²) in [5.41, 5.74) is 0. The summed E-state index contributed by atoms with van der Waals surface area (Å²) < 4.78 is 131. The lowest BCUT2D eigenvalue weighted by molar-refractivity contribution is -0.344. The summed E-state index contributed by atoms with van der Waals surface area (Å²) in [4.78, 5) is 23.4. The summed E-state index contributed by atoms with van der Waals surface area (Å²) in [6.45, 7) is 15.1. The number of hydrogen-bond donors (Lipinski definition) is 0. The molecule has 0 aromatic rings. The number of ether oxygens (including phenoxy) is 2. The van der Waals surface area contributed by atoms with Gasteiger partial charge in [0.1, 0.15) is 0 Å². The molecule has 0 amide bonds. The first-order valence-electron chi connectivity index (χ1n) is 12.1. The average molecular weight is 667 g/mol. The van der Waals surface area contributed by atoms with Crippen LogP contribution < -0.4 is 0 Å². The molecule has 0 aromatic carbocycles. The summed E-state index contributed by atoms with van der Waals surface area (Å²) in [6, 6.07) is 0.317. The van der Waals surface area contributed by atoms with Crippen LogP contribution in [0.1, 0.15) is 6.42 Å². The fourth-order valence-corrected chi connectivity index (χ4v) is 17.6. The summed E-state index contributed by atoms with van der Waals surface area (Å²) in [7, 11) is -9.63. The largest absolute Gasteiger partial charge is 0.469 e. The molecule has 236 valence electrons. The number of alkyl halides is 8. The Labute approximate surface area is 233 Å². The number of carbonyl (C=O) groups excluding carboxylic acids is 2. The van der Waals surface area contributed by atoms with Crippen LogP contribution in [0.5, 0.6) is 0 Å². The van der Waals surface area contributed by atoms with Gasteiger partial charge in [0.2, 0.25) is 0 Å². The van der Waals surface area contributed by atoms with Crippen molar-refractivity contribution in [1.29, 1.82) is 0 Å². The maximum atomic E-state index is 13.5.